The topological polar surface area (TPSA) is 47.8 Å². The maximum absolute atomic E-state index is 12.8. The lowest BCUT2D eigenvalue weighted by Gasteiger charge is -2.11. The van der Waals surface area contributed by atoms with E-state index in [1.807, 2.05) is 62.7 Å². The van der Waals surface area contributed by atoms with Crippen LogP contribution in [0.1, 0.15) is 34.0 Å². The van der Waals surface area contributed by atoms with Crippen LogP contribution in [0.2, 0.25) is 0 Å². The molecule has 26 heavy (non-hydrogen) atoms. The Kier molecular flexibility index (Phi) is 5.28. The number of aromatic nitrogens is 3. The molecule has 3 aromatic rings. The Bertz CT molecular complexity index is 962. The molecular weight excluding hydrogens is 342 g/mol. The fourth-order valence-electron chi connectivity index (χ4n) is 2.79. The molecule has 0 radical (unpaired) electrons. The molecule has 0 aliphatic heterocycles. The summed E-state index contributed by atoms with van der Waals surface area (Å²) in [4.78, 5) is 12.8. The molecule has 0 fully saturated rings. The first kappa shape index (κ1) is 18.4. The third-order valence-corrected chi connectivity index (χ3v) is 5.69. The summed E-state index contributed by atoms with van der Waals surface area (Å²) in [5.41, 5.74) is 5.28. The number of ketones is 1. The standard InChI is InChI=1S/C21H23N3OS/c1-13-7-6-8-18(11-13)20-22-23-21(24(20)5)26-16(4)19(25)17-10-9-14(2)15(3)12-17/h6-12,16H,1-5H3. The van der Waals surface area contributed by atoms with Crippen molar-refractivity contribution in [3.05, 3.63) is 64.7 Å². The highest BCUT2D eigenvalue weighted by Crippen LogP contribution is 2.28. The Morgan fingerprint density at radius 1 is 1.04 bits per heavy atom. The van der Waals surface area contributed by atoms with Crippen LogP contribution in [-0.2, 0) is 7.05 Å². The zero-order valence-electron chi connectivity index (χ0n) is 15.8. The van der Waals surface area contributed by atoms with Crippen LogP contribution in [-0.4, -0.2) is 25.8 Å². The Balaban J connectivity index is 1.80. The van der Waals surface area contributed by atoms with Crippen LogP contribution in [0, 0.1) is 20.8 Å². The van der Waals surface area contributed by atoms with Crippen LogP contribution >= 0.6 is 11.8 Å². The van der Waals surface area contributed by atoms with Crippen molar-refractivity contribution in [1.29, 1.82) is 0 Å². The van der Waals surface area contributed by atoms with Gasteiger partial charge in [-0.3, -0.25) is 4.79 Å². The number of thioether (sulfide) groups is 1. The van der Waals surface area contributed by atoms with Gasteiger partial charge in [-0.15, -0.1) is 10.2 Å². The van der Waals surface area contributed by atoms with Crippen molar-refractivity contribution in [3.8, 4) is 11.4 Å². The van der Waals surface area contributed by atoms with Crippen molar-refractivity contribution in [2.75, 3.05) is 0 Å². The second-order valence-electron chi connectivity index (χ2n) is 6.66. The summed E-state index contributed by atoms with van der Waals surface area (Å²) in [5.74, 6) is 0.917. The van der Waals surface area contributed by atoms with E-state index < -0.39 is 0 Å². The lowest BCUT2D eigenvalue weighted by molar-refractivity contribution is 0.0993. The quantitative estimate of drug-likeness (QED) is 0.483. The molecule has 1 aromatic heterocycles. The fraction of sp³-hybridized carbons (Fsp3) is 0.286. The van der Waals surface area contributed by atoms with Crippen LogP contribution in [0.5, 0.6) is 0 Å². The molecular formula is C21H23N3OS. The molecule has 0 saturated heterocycles. The Morgan fingerprint density at radius 2 is 1.81 bits per heavy atom. The molecule has 0 aliphatic rings. The first-order chi connectivity index (χ1) is 12.4. The third kappa shape index (κ3) is 3.73. The normalized spacial score (nSPS) is 12.2. The molecule has 0 N–H and O–H groups in total. The van der Waals surface area contributed by atoms with Crippen LogP contribution in [0.15, 0.2) is 47.6 Å². The number of hydrogen-bond acceptors (Lipinski definition) is 4. The molecule has 134 valence electrons. The SMILES string of the molecule is Cc1cccc(-c2nnc(SC(C)C(=O)c3ccc(C)c(C)c3)n2C)c1. The van der Waals surface area contributed by atoms with Crippen molar-refractivity contribution in [2.45, 2.75) is 38.1 Å². The van der Waals surface area contributed by atoms with Crippen molar-refractivity contribution in [2.24, 2.45) is 7.05 Å². The van der Waals surface area contributed by atoms with E-state index >= 15 is 0 Å². The van der Waals surface area contributed by atoms with E-state index in [1.165, 1.54) is 22.9 Å². The summed E-state index contributed by atoms with van der Waals surface area (Å²) in [6.07, 6.45) is 0. The van der Waals surface area contributed by atoms with Gasteiger partial charge in [0, 0.05) is 18.2 Å². The first-order valence-corrected chi connectivity index (χ1v) is 9.49. The van der Waals surface area contributed by atoms with Gasteiger partial charge in [0.15, 0.2) is 16.8 Å². The molecule has 2 aromatic carbocycles. The van der Waals surface area contributed by atoms with E-state index in [0.29, 0.717) is 0 Å². The third-order valence-electron chi connectivity index (χ3n) is 4.55. The van der Waals surface area contributed by atoms with Crippen molar-refractivity contribution in [1.82, 2.24) is 14.8 Å². The molecule has 4 nitrogen and oxygen atoms in total. The number of carbonyl (C=O) groups excluding carboxylic acids is 1. The molecule has 0 spiro atoms. The summed E-state index contributed by atoms with van der Waals surface area (Å²) in [7, 11) is 1.94. The molecule has 0 aliphatic carbocycles. The highest BCUT2D eigenvalue weighted by molar-refractivity contribution is 8.00. The maximum atomic E-state index is 12.8. The van der Waals surface area contributed by atoms with Crippen LogP contribution in [0.3, 0.4) is 0 Å². The zero-order chi connectivity index (χ0) is 18.8. The number of benzene rings is 2. The van der Waals surface area contributed by atoms with Gasteiger partial charge < -0.3 is 4.57 Å². The average molecular weight is 366 g/mol. The Hall–Kier alpha value is -2.40. The van der Waals surface area contributed by atoms with Gasteiger partial charge in [-0.2, -0.15) is 0 Å². The lowest BCUT2D eigenvalue weighted by atomic mass is 10.0. The second-order valence-corrected chi connectivity index (χ2v) is 7.97. The van der Waals surface area contributed by atoms with Gasteiger partial charge in [0.05, 0.1) is 5.25 Å². The minimum absolute atomic E-state index is 0.109. The molecule has 1 heterocycles. The van der Waals surface area contributed by atoms with Gasteiger partial charge in [0.1, 0.15) is 0 Å². The van der Waals surface area contributed by atoms with Crippen molar-refractivity contribution >= 4 is 17.5 Å². The van der Waals surface area contributed by atoms with Crippen LogP contribution < -0.4 is 0 Å². The van der Waals surface area contributed by atoms with Crippen LogP contribution in [0.4, 0.5) is 0 Å². The molecule has 3 rings (SSSR count). The number of Topliss-reactive ketones (excluding diaryl/α,β-unsaturated/α-hetero) is 1. The smallest absolute Gasteiger partial charge is 0.191 e. The number of rotatable bonds is 5. The zero-order valence-corrected chi connectivity index (χ0v) is 16.6. The van der Waals surface area contributed by atoms with Gasteiger partial charge in [0.25, 0.3) is 0 Å². The number of carbonyl (C=O) groups is 1. The fourth-order valence-corrected chi connectivity index (χ4v) is 3.69. The maximum Gasteiger partial charge on any atom is 0.191 e. The summed E-state index contributed by atoms with van der Waals surface area (Å²) < 4.78 is 1.95. The summed E-state index contributed by atoms with van der Waals surface area (Å²) >= 11 is 1.44. The lowest BCUT2D eigenvalue weighted by Crippen LogP contribution is -2.14. The molecule has 0 bridgehead atoms. The van der Waals surface area contributed by atoms with E-state index in [0.717, 1.165) is 27.7 Å². The Morgan fingerprint density at radius 3 is 2.50 bits per heavy atom. The molecule has 1 atom stereocenters. The minimum Gasteiger partial charge on any atom is -0.305 e. The van der Waals surface area contributed by atoms with Crippen LogP contribution in [0.25, 0.3) is 11.4 Å². The van der Waals surface area contributed by atoms with Gasteiger partial charge in [0.2, 0.25) is 0 Å². The van der Waals surface area contributed by atoms with Gasteiger partial charge in [-0.05, 0) is 51.0 Å². The van der Waals surface area contributed by atoms with Crippen molar-refractivity contribution in [3.63, 3.8) is 0 Å². The van der Waals surface area contributed by atoms with E-state index in [-0.39, 0.29) is 11.0 Å². The molecule has 1 unspecified atom stereocenters. The van der Waals surface area contributed by atoms with E-state index in [4.69, 9.17) is 0 Å². The first-order valence-electron chi connectivity index (χ1n) is 8.61. The Labute approximate surface area is 158 Å². The van der Waals surface area contributed by atoms with E-state index in [2.05, 4.69) is 29.3 Å². The van der Waals surface area contributed by atoms with Gasteiger partial charge in [-0.25, -0.2) is 0 Å². The predicted octanol–water partition coefficient (Wildman–Crippen LogP) is 4.77. The number of aryl methyl sites for hydroxylation is 3. The molecule has 0 amide bonds. The summed E-state index contributed by atoms with van der Waals surface area (Å²) in [5, 5.41) is 9.12. The molecule has 0 saturated carbocycles. The van der Waals surface area contributed by atoms with E-state index in [9.17, 15) is 4.79 Å². The highest BCUT2D eigenvalue weighted by atomic mass is 32.2. The van der Waals surface area contributed by atoms with Crippen molar-refractivity contribution < 1.29 is 4.79 Å². The molecule has 5 heteroatoms. The van der Waals surface area contributed by atoms with Gasteiger partial charge >= 0.3 is 0 Å². The van der Waals surface area contributed by atoms with Gasteiger partial charge in [-0.1, -0.05) is 47.7 Å². The number of hydrogen-bond donors (Lipinski definition) is 0. The predicted molar refractivity (Wildman–Crippen MR) is 107 cm³/mol. The summed E-state index contributed by atoms with van der Waals surface area (Å²) in [6.45, 7) is 8.05. The highest BCUT2D eigenvalue weighted by Gasteiger charge is 2.21. The minimum atomic E-state index is -0.231. The largest absolute Gasteiger partial charge is 0.305 e. The summed E-state index contributed by atoms with van der Waals surface area (Å²) in [6, 6.07) is 14.0. The monoisotopic (exact) mass is 365 g/mol. The second kappa shape index (κ2) is 7.46. The number of nitrogens with zero attached hydrogens (tertiary/aromatic N) is 3. The average Bonchev–Trinajstić information content (AvgIpc) is 2.97. The van der Waals surface area contributed by atoms with E-state index in [1.54, 1.807) is 0 Å².